The first-order chi connectivity index (χ1) is 10.6. The van der Waals surface area contributed by atoms with Gasteiger partial charge in [-0.05, 0) is 38.2 Å². The van der Waals surface area contributed by atoms with Gasteiger partial charge in [0.2, 0.25) is 5.91 Å². The lowest BCUT2D eigenvalue weighted by molar-refractivity contribution is -0.139. The van der Waals surface area contributed by atoms with Crippen LogP contribution in [0.3, 0.4) is 0 Å². The van der Waals surface area contributed by atoms with E-state index in [2.05, 4.69) is 17.1 Å². The molecule has 0 bridgehead atoms. The van der Waals surface area contributed by atoms with E-state index in [0.29, 0.717) is 12.3 Å². The quantitative estimate of drug-likeness (QED) is 0.901. The molecule has 1 atom stereocenters. The zero-order valence-electron chi connectivity index (χ0n) is 13.5. The first kappa shape index (κ1) is 15.5. The molecule has 2 heterocycles. The number of hydrogen-bond acceptors (Lipinski definition) is 3. The Morgan fingerprint density at radius 1 is 1.41 bits per heavy atom. The van der Waals surface area contributed by atoms with Crippen LogP contribution in [-0.4, -0.2) is 44.8 Å². The fourth-order valence-corrected chi connectivity index (χ4v) is 3.99. The molecular weight excluding hydrogens is 278 g/mol. The van der Waals surface area contributed by atoms with E-state index in [0.717, 1.165) is 57.3 Å². The molecule has 1 aliphatic heterocycles. The van der Waals surface area contributed by atoms with Crippen molar-refractivity contribution in [2.45, 2.75) is 69.8 Å². The summed E-state index contributed by atoms with van der Waals surface area (Å²) in [6.07, 6.45) is 9.07. The van der Waals surface area contributed by atoms with Gasteiger partial charge in [-0.3, -0.25) is 9.89 Å². The van der Waals surface area contributed by atoms with Crippen LogP contribution < -0.4 is 0 Å². The van der Waals surface area contributed by atoms with Crippen molar-refractivity contribution in [1.29, 1.82) is 0 Å². The number of amides is 1. The van der Waals surface area contributed by atoms with Gasteiger partial charge in [-0.1, -0.05) is 19.3 Å². The second-order valence-corrected chi connectivity index (χ2v) is 7.11. The van der Waals surface area contributed by atoms with Crippen molar-refractivity contribution in [3.05, 3.63) is 17.5 Å². The summed E-state index contributed by atoms with van der Waals surface area (Å²) in [5.41, 5.74) is 1.57. The molecule has 0 unspecified atom stereocenters. The van der Waals surface area contributed by atoms with E-state index < -0.39 is 5.60 Å². The van der Waals surface area contributed by atoms with E-state index in [4.69, 9.17) is 0 Å². The number of carbonyl (C=O) groups excluding carboxylic acids is 1. The molecule has 1 aliphatic carbocycles. The number of hydrogen-bond donors (Lipinski definition) is 2. The Balaban J connectivity index is 1.62. The van der Waals surface area contributed by atoms with Gasteiger partial charge in [0.05, 0.1) is 18.2 Å². The third-order valence-electron chi connectivity index (χ3n) is 5.31. The maximum absolute atomic E-state index is 12.6. The number of nitrogens with one attached hydrogen (secondary N) is 1. The highest BCUT2D eigenvalue weighted by atomic mass is 16.3. The Labute approximate surface area is 132 Å². The summed E-state index contributed by atoms with van der Waals surface area (Å²) in [6.45, 7) is 3.63. The van der Waals surface area contributed by atoms with Crippen LogP contribution in [0.2, 0.25) is 0 Å². The molecule has 2 N–H and O–H groups in total. The van der Waals surface area contributed by atoms with E-state index in [1.165, 1.54) is 12.0 Å². The number of nitrogens with zero attached hydrogens (tertiary/aromatic N) is 2. The first-order valence-electron chi connectivity index (χ1n) is 8.57. The molecular formula is C17H27N3O2. The van der Waals surface area contributed by atoms with Gasteiger partial charge in [0.25, 0.3) is 0 Å². The lowest BCUT2D eigenvalue weighted by Gasteiger charge is -2.37. The molecule has 5 nitrogen and oxygen atoms in total. The van der Waals surface area contributed by atoms with Gasteiger partial charge >= 0.3 is 0 Å². The van der Waals surface area contributed by atoms with Gasteiger partial charge in [-0.15, -0.1) is 0 Å². The molecule has 5 heteroatoms. The summed E-state index contributed by atoms with van der Waals surface area (Å²) in [4.78, 5) is 14.6. The summed E-state index contributed by atoms with van der Waals surface area (Å²) in [6, 6.07) is 0. The normalized spacial score (nSPS) is 25.2. The fraction of sp³-hybridized carbons (Fsp3) is 0.765. The average molecular weight is 305 g/mol. The number of aliphatic hydroxyl groups is 1. The van der Waals surface area contributed by atoms with E-state index in [1.54, 1.807) is 0 Å². The first-order valence-corrected chi connectivity index (χ1v) is 8.57. The van der Waals surface area contributed by atoms with Crippen LogP contribution in [0.4, 0.5) is 0 Å². The Bertz CT molecular complexity index is 520. The molecule has 122 valence electrons. The highest BCUT2D eigenvalue weighted by molar-refractivity contribution is 5.77. The zero-order chi connectivity index (χ0) is 15.6. The predicted molar refractivity (Wildman–Crippen MR) is 84.5 cm³/mol. The number of likely N-dealkylation sites (tertiary alicyclic amines) is 1. The van der Waals surface area contributed by atoms with E-state index >= 15 is 0 Å². The number of aryl methyl sites for hydroxylation is 1. The van der Waals surface area contributed by atoms with E-state index in [1.807, 2.05) is 11.1 Å². The number of H-pyrrole nitrogens is 1. The number of carbonyl (C=O) groups is 1. The zero-order valence-corrected chi connectivity index (χ0v) is 13.5. The van der Waals surface area contributed by atoms with Gasteiger partial charge in [0, 0.05) is 24.7 Å². The second-order valence-electron chi connectivity index (χ2n) is 7.11. The number of piperidine rings is 1. The van der Waals surface area contributed by atoms with Crippen molar-refractivity contribution < 1.29 is 9.90 Å². The lowest BCUT2D eigenvalue weighted by atomic mass is 9.82. The fourth-order valence-electron chi connectivity index (χ4n) is 3.99. The molecule has 1 amide bonds. The van der Waals surface area contributed by atoms with Crippen molar-refractivity contribution in [3.63, 3.8) is 0 Å². The minimum Gasteiger partial charge on any atom is -0.389 e. The van der Waals surface area contributed by atoms with Crippen LogP contribution >= 0.6 is 0 Å². The van der Waals surface area contributed by atoms with E-state index in [9.17, 15) is 9.90 Å². The summed E-state index contributed by atoms with van der Waals surface area (Å²) in [5, 5.41) is 17.8. The summed E-state index contributed by atoms with van der Waals surface area (Å²) >= 11 is 0. The Hall–Kier alpha value is -1.36. The van der Waals surface area contributed by atoms with Crippen LogP contribution in [0, 0.1) is 6.92 Å². The number of aromatic nitrogens is 2. The van der Waals surface area contributed by atoms with Gasteiger partial charge in [-0.25, -0.2) is 0 Å². The van der Waals surface area contributed by atoms with Gasteiger partial charge in [-0.2, -0.15) is 5.10 Å². The van der Waals surface area contributed by atoms with Crippen LogP contribution in [0.1, 0.15) is 68.5 Å². The van der Waals surface area contributed by atoms with Crippen molar-refractivity contribution in [1.82, 2.24) is 15.1 Å². The van der Waals surface area contributed by atoms with Gasteiger partial charge in [0.15, 0.2) is 0 Å². The lowest BCUT2D eigenvalue weighted by Crippen LogP contribution is -2.44. The number of rotatable bonds is 3. The van der Waals surface area contributed by atoms with Crippen LogP contribution in [0.5, 0.6) is 0 Å². The monoisotopic (exact) mass is 305 g/mol. The molecule has 1 saturated carbocycles. The molecule has 1 aromatic heterocycles. The molecule has 2 fully saturated rings. The second kappa shape index (κ2) is 6.41. The standard InChI is InChI=1S/C17H27N3O2/c1-13-11-18-19-16(13)14-6-5-9-20(12-14)15(21)10-17(22)7-3-2-4-8-17/h11,14,22H,2-10,12H2,1H3,(H,18,19)/t14-/m1/s1. The highest BCUT2D eigenvalue weighted by Gasteiger charge is 2.35. The average Bonchev–Trinajstić information content (AvgIpc) is 2.94. The predicted octanol–water partition coefficient (Wildman–Crippen LogP) is 2.51. The smallest absolute Gasteiger partial charge is 0.225 e. The Kier molecular flexibility index (Phi) is 4.52. The maximum Gasteiger partial charge on any atom is 0.225 e. The molecule has 0 radical (unpaired) electrons. The number of aromatic amines is 1. The largest absolute Gasteiger partial charge is 0.389 e. The van der Waals surface area contributed by atoms with E-state index in [-0.39, 0.29) is 5.91 Å². The van der Waals surface area contributed by atoms with Crippen LogP contribution in [-0.2, 0) is 4.79 Å². The minimum atomic E-state index is -0.758. The van der Waals surface area contributed by atoms with Crippen LogP contribution in [0.25, 0.3) is 0 Å². The maximum atomic E-state index is 12.6. The topological polar surface area (TPSA) is 69.2 Å². The Morgan fingerprint density at radius 3 is 2.86 bits per heavy atom. The third kappa shape index (κ3) is 3.35. The molecule has 1 saturated heterocycles. The molecule has 2 aliphatic rings. The highest BCUT2D eigenvalue weighted by Crippen LogP contribution is 2.33. The van der Waals surface area contributed by atoms with Crippen molar-refractivity contribution >= 4 is 5.91 Å². The summed E-state index contributed by atoms with van der Waals surface area (Å²) < 4.78 is 0. The van der Waals surface area contributed by atoms with Crippen LogP contribution in [0.15, 0.2) is 6.20 Å². The molecule has 3 rings (SSSR count). The molecule has 22 heavy (non-hydrogen) atoms. The minimum absolute atomic E-state index is 0.117. The Morgan fingerprint density at radius 2 is 2.18 bits per heavy atom. The SMILES string of the molecule is Cc1cn[nH]c1[C@@H]1CCCN(C(=O)CC2(O)CCCCC2)C1. The molecule has 0 spiro atoms. The summed E-state index contributed by atoms with van der Waals surface area (Å²) in [7, 11) is 0. The third-order valence-corrected chi connectivity index (χ3v) is 5.31. The summed E-state index contributed by atoms with van der Waals surface area (Å²) in [5.74, 6) is 0.465. The molecule has 1 aromatic rings. The van der Waals surface area contributed by atoms with Gasteiger partial charge < -0.3 is 10.0 Å². The van der Waals surface area contributed by atoms with Crippen molar-refractivity contribution in [3.8, 4) is 0 Å². The van der Waals surface area contributed by atoms with Gasteiger partial charge in [0.1, 0.15) is 0 Å². The molecule has 0 aromatic carbocycles. The van der Waals surface area contributed by atoms with Crippen molar-refractivity contribution in [2.24, 2.45) is 0 Å². The van der Waals surface area contributed by atoms with Crippen molar-refractivity contribution in [2.75, 3.05) is 13.1 Å².